The summed E-state index contributed by atoms with van der Waals surface area (Å²) in [5, 5.41) is 0. The van der Waals surface area contributed by atoms with Crippen molar-refractivity contribution < 1.29 is 0 Å². The van der Waals surface area contributed by atoms with E-state index in [9.17, 15) is 0 Å². The Hall–Kier alpha value is -2.67. The lowest BCUT2D eigenvalue weighted by molar-refractivity contribution is 0.225. The largest absolute Gasteiger partial charge is 0.341 e. The molecule has 1 atom stereocenters. The molecule has 3 heterocycles. The molecule has 6 heteroatoms. The third-order valence-corrected chi connectivity index (χ3v) is 8.48. The molecule has 186 valence electrons. The average Bonchev–Trinajstić information content (AvgIpc) is 3.33. The molecule has 2 aromatic carbocycles. The van der Waals surface area contributed by atoms with Crippen molar-refractivity contribution in [3.05, 3.63) is 95.1 Å². The maximum absolute atomic E-state index is 4.89. The van der Waals surface area contributed by atoms with Crippen LogP contribution in [-0.2, 0) is 26.1 Å². The third-order valence-electron chi connectivity index (χ3n) is 7.54. The van der Waals surface area contributed by atoms with Gasteiger partial charge < -0.3 is 4.98 Å². The van der Waals surface area contributed by atoms with Crippen LogP contribution in [0.3, 0.4) is 0 Å². The van der Waals surface area contributed by atoms with Gasteiger partial charge in [-0.15, -0.1) is 0 Å². The van der Waals surface area contributed by atoms with Crippen LogP contribution in [0.2, 0.25) is 0 Å². The van der Waals surface area contributed by atoms with E-state index in [0.717, 1.165) is 49.5 Å². The molecule has 1 saturated heterocycles. The molecule has 36 heavy (non-hydrogen) atoms. The van der Waals surface area contributed by atoms with Crippen LogP contribution >= 0.6 is 11.8 Å². The van der Waals surface area contributed by atoms with Crippen molar-refractivity contribution in [2.45, 2.75) is 44.8 Å². The lowest BCUT2D eigenvalue weighted by atomic mass is 9.86. The zero-order valence-electron chi connectivity index (χ0n) is 20.9. The van der Waals surface area contributed by atoms with Crippen molar-refractivity contribution in [3.8, 4) is 0 Å². The van der Waals surface area contributed by atoms with Gasteiger partial charge in [0.15, 0.2) is 0 Å². The highest BCUT2D eigenvalue weighted by Gasteiger charge is 2.24. The summed E-state index contributed by atoms with van der Waals surface area (Å²) in [6.45, 7) is 6.18. The molecule has 1 fully saturated rings. The van der Waals surface area contributed by atoms with E-state index >= 15 is 0 Å². The summed E-state index contributed by atoms with van der Waals surface area (Å²) in [5.41, 5.74) is 7.66. The summed E-state index contributed by atoms with van der Waals surface area (Å²) in [6, 6.07) is 22.0. The SMILES string of the molecule is c1cnc2c(c1)CCCC2CN(Cc1ccc(CN2CCSCC2)cc1)Cc1nc2ccccc2[nH]1. The van der Waals surface area contributed by atoms with Crippen molar-refractivity contribution in [1.82, 2.24) is 24.8 Å². The smallest absolute Gasteiger partial charge is 0.121 e. The molecule has 4 aromatic rings. The monoisotopic (exact) mass is 497 g/mol. The standard InChI is InChI=1S/C30H35N5S/c1-2-9-28-27(8-1)32-29(33-28)22-35(21-26-6-3-5-25-7-4-14-31-30(25)26)20-24-12-10-23(11-13-24)19-34-15-17-36-18-16-34/h1-2,4,7-14,26H,3,5-6,15-22H2,(H,32,33). The fourth-order valence-electron chi connectivity index (χ4n) is 5.70. The normalized spacial score (nSPS) is 18.5. The van der Waals surface area contributed by atoms with Crippen LogP contribution in [0.25, 0.3) is 11.0 Å². The summed E-state index contributed by atoms with van der Waals surface area (Å²) in [6.07, 6.45) is 5.56. The number of hydrogen-bond donors (Lipinski definition) is 1. The van der Waals surface area contributed by atoms with Crippen molar-refractivity contribution in [2.75, 3.05) is 31.1 Å². The lowest BCUT2D eigenvalue weighted by Gasteiger charge is -2.30. The Bertz CT molecular complexity index is 1250. The molecular formula is C30H35N5S. The van der Waals surface area contributed by atoms with E-state index in [1.54, 1.807) is 0 Å². The van der Waals surface area contributed by atoms with Crippen LogP contribution in [0.4, 0.5) is 0 Å². The molecule has 6 rings (SSSR count). The summed E-state index contributed by atoms with van der Waals surface area (Å²) >= 11 is 2.07. The Labute approximate surface area is 218 Å². The third kappa shape index (κ3) is 5.66. The van der Waals surface area contributed by atoms with Gasteiger partial charge in [-0.25, -0.2) is 4.98 Å². The summed E-state index contributed by atoms with van der Waals surface area (Å²) in [4.78, 5) is 18.4. The Balaban J connectivity index is 1.20. The minimum absolute atomic E-state index is 0.468. The zero-order chi connectivity index (χ0) is 24.2. The number of nitrogens with zero attached hydrogens (tertiary/aromatic N) is 4. The van der Waals surface area contributed by atoms with Crippen LogP contribution in [0.15, 0.2) is 66.9 Å². The van der Waals surface area contributed by atoms with Gasteiger partial charge in [-0.1, -0.05) is 42.5 Å². The van der Waals surface area contributed by atoms with E-state index < -0.39 is 0 Å². The Kier molecular flexibility index (Phi) is 7.35. The molecule has 5 nitrogen and oxygen atoms in total. The number of para-hydroxylation sites is 2. The topological polar surface area (TPSA) is 48.1 Å². The number of rotatable bonds is 8. The highest BCUT2D eigenvalue weighted by molar-refractivity contribution is 7.99. The number of H-pyrrole nitrogens is 1. The second-order valence-corrected chi connectivity index (χ2v) is 11.4. The van der Waals surface area contributed by atoms with Gasteiger partial charge in [0.2, 0.25) is 0 Å². The second kappa shape index (κ2) is 11.2. The van der Waals surface area contributed by atoms with E-state index in [1.165, 1.54) is 59.8 Å². The minimum Gasteiger partial charge on any atom is -0.341 e. The first kappa shape index (κ1) is 23.7. The van der Waals surface area contributed by atoms with E-state index in [2.05, 4.69) is 87.2 Å². The Morgan fingerprint density at radius 1 is 0.944 bits per heavy atom. The highest BCUT2D eigenvalue weighted by Crippen LogP contribution is 2.31. The lowest BCUT2D eigenvalue weighted by Crippen LogP contribution is -2.32. The molecule has 1 aliphatic carbocycles. The first-order valence-corrected chi connectivity index (χ1v) is 14.4. The predicted molar refractivity (Wildman–Crippen MR) is 149 cm³/mol. The maximum Gasteiger partial charge on any atom is 0.121 e. The number of imidazole rings is 1. The fraction of sp³-hybridized carbons (Fsp3) is 0.400. The van der Waals surface area contributed by atoms with Crippen molar-refractivity contribution >= 4 is 22.8 Å². The molecule has 0 bridgehead atoms. The summed E-state index contributed by atoms with van der Waals surface area (Å²) in [5.74, 6) is 4.02. The Morgan fingerprint density at radius 2 is 1.78 bits per heavy atom. The number of fused-ring (bicyclic) bond motifs is 2. The molecule has 1 aliphatic heterocycles. The number of thioether (sulfide) groups is 1. The van der Waals surface area contributed by atoms with Crippen molar-refractivity contribution in [1.29, 1.82) is 0 Å². The van der Waals surface area contributed by atoms with E-state index in [4.69, 9.17) is 9.97 Å². The summed E-state index contributed by atoms with van der Waals surface area (Å²) in [7, 11) is 0. The van der Waals surface area contributed by atoms with Crippen LogP contribution in [0.5, 0.6) is 0 Å². The number of aromatic amines is 1. The average molecular weight is 498 g/mol. The molecule has 1 N–H and O–H groups in total. The van der Waals surface area contributed by atoms with Crippen LogP contribution in [-0.4, -0.2) is 55.9 Å². The zero-order valence-corrected chi connectivity index (χ0v) is 21.7. The molecular weight excluding hydrogens is 462 g/mol. The van der Waals surface area contributed by atoms with Gasteiger partial charge >= 0.3 is 0 Å². The number of pyridine rings is 1. The van der Waals surface area contributed by atoms with Crippen LogP contribution in [0.1, 0.15) is 47.0 Å². The van der Waals surface area contributed by atoms with Gasteiger partial charge in [0.25, 0.3) is 0 Å². The highest BCUT2D eigenvalue weighted by atomic mass is 32.2. The van der Waals surface area contributed by atoms with Gasteiger partial charge in [-0.05, 0) is 54.2 Å². The number of hydrogen-bond acceptors (Lipinski definition) is 5. The predicted octanol–water partition coefficient (Wildman–Crippen LogP) is 5.63. The van der Waals surface area contributed by atoms with Crippen LogP contribution in [0, 0.1) is 0 Å². The van der Waals surface area contributed by atoms with Crippen LogP contribution < -0.4 is 0 Å². The Morgan fingerprint density at radius 3 is 2.64 bits per heavy atom. The van der Waals surface area contributed by atoms with Gasteiger partial charge in [0, 0.05) is 62.0 Å². The number of nitrogens with one attached hydrogen (secondary N) is 1. The molecule has 2 aliphatic rings. The first-order chi connectivity index (χ1) is 17.8. The van der Waals surface area contributed by atoms with Gasteiger partial charge in [0.1, 0.15) is 5.82 Å². The number of aromatic nitrogens is 3. The fourth-order valence-corrected chi connectivity index (χ4v) is 6.68. The molecule has 0 amide bonds. The number of aryl methyl sites for hydroxylation is 1. The number of benzene rings is 2. The van der Waals surface area contributed by atoms with Gasteiger partial charge in [-0.2, -0.15) is 11.8 Å². The maximum atomic E-state index is 4.89. The van der Waals surface area contributed by atoms with E-state index in [0.29, 0.717) is 5.92 Å². The molecule has 0 saturated carbocycles. The molecule has 1 unspecified atom stereocenters. The minimum atomic E-state index is 0.468. The molecule has 0 radical (unpaired) electrons. The van der Waals surface area contributed by atoms with E-state index in [-0.39, 0.29) is 0 Å². The second-order valence-electron chi connectivity index (χ2n) is 10.2. The van der Waals surface area contributed by atoms with Crippen molar-refractivity contribution in [3.63, 3.8) is 0 Å². The quantitative estimate of drug-likeness (QED) is 0.342. The molecule has 0 spiro atoms. The first-order valence-electron chi connectivity index (χ1n) is 13.3. The molecule has 2 aromatic heterocycles. The van der Waals surface area contributed by atoms with Gasteiger partial charge in [-0.3, -0.25) is 14.8 Å². The van der Waals surface area contributed by atoms with Crippen molar-refractivity contribution in [2.24, 2.45) is 0 Å². The van der Waals surface area contributed by atoms with E-state index in [1.807, 2.05) is 6.20 Å². The van der Waals surface area contributed by atoms with Gasteiger partial charge in [0.05, 0.1) is 17.6 Å². The summed E-state index contributed by atoms with van der Waals surface area (Å²) < 4.78 is 0.